The summed E-state index contributed by atoms with van der Waals surface area (Å²) in [5.41, 5.74) is 0.434. The minimum Gasteiger partial charge on any atom is -0.442 e. The van der Waals surface area contributed by atoms with Crippen LogP contribution in [0, 0.1) is 0 Å². The fourth-order valence-corrected chi connectivity index (χ4v) is 1.83. The highest BCUT2D eigenvalue weighted by atomic mass is 16.7. The van der Waals surface area contributed by atoms with Crippen molar-refractivity contribution in [3.05, 3.63) is 30.1 Å². The molecule has 1 aliphatic heterocycles. The molecule has 1 aliphatic rings. The van der Waals surface area contributed by atoms with Crippen LogP contribution in [0.4, 0.5) is 4.79 Å². The number of carbonyl (C=O) groups excluding carboxylic acids is 1. The molecule has 0 saturated carbocycles. The van der Waals surface area contributed by atoms with Gasteiger partial charge >= 0.3 is 6.09 Å². The number of rotatable bonds is 1. The highest BCUT2D eigenvalue weighted by Crippen LogP contribution is 2.30. The van der Waals surface area contributed by atoms with Crippen molar-refractivity contribution in [2.45, 2.75) is 38.8 Å². The van der Waals surface area contributed by atoms with Gasteiger partial charge in [-0.15, -0.1) is 0 Å². The van der Waals surface area contributed by atoms with Crippen LogP contribution in [0.1, 0.15) is 38.8 Å². The molecule has 0 bridgehead atoms. The van der Waals surface area contributed by atoms with E-state index in [0.717, 1.165) is 12.0 Å². The fraction of sp³-hybridized carbons (Fsp3) is 0.538. The molecule has 98 valence electrons. The van der Waals surface area contributed by atoms with Crippen molar-refractivity contribution >= 4 is 6.09 Å². The Morgan fingerprint density at radius 3 is 2.94 bits per heavy atom. The van der Waals surface area contributed by atoms with Gasteiger partial charge in [-0.05, 0) is 32.4 Å². The second-order valence-corrected chi connectivity index (χ2v) is 5.23. The van der Waals surface area contributed by atoms with Gasteiger partial charge in [0.2, 0.25) is 0 Å². The van der Waals surface area contributed by atoms with Crippen molar-refractivity contribution < 1.29 is 14.4 Å². The third-order valence-corrected chi connectivity index (χ3v) is 2.55. The molecular formula is C13H18N2O3. The van der Waals surface area contributed by atoms with Crippen LogP contribution in [0.2, 0.25) is 0 Å². The SMILES string of the molecule is CC(C)(C)OC(=O)N1OCCC1c1cccnc1. The van der Waals surface area contributed by atoms with Gasteiger partial charge in [-0.1, -0.05) is 6.07 Å². The molecule has 1 amide bonds. The number of aromatic nitrogens is 1. The summed E-state index contributed by atoms with van der Waals surface area (Å²) in [6, 6.07) is 3.67. The molecule has 0 N–H and O–H groups in total. The molecule has 0 aliphatic carbocycles. The largest absolute Gasteiger partial charge is 0.442 e. The standard InChI is InChI=1S/C13H18N2O3/c1-13(2,3)18-12(16)15-11(6-8-17-15)10-5-4-7-14-9-10/h4-5,7,9,11H,6,8H2,1-3H3. The van der Waals surface area contributed by atoms with E-state index >= 15 is 0 Å². The third kappa shape index (κ3) is 2.98. The summed E-state index contributed by atoms with van der Waals surface area (Å²) in [5, 5.41) is 1.31. The van der Waals surface area contributed by atoms with Crippen molar-refractivity contribution in [1.82, 2.24) is 10.0 Å². The Labute approximate surface area is 107 Å². The molecule has 1 aromatic heterocycles. The lowest BCUT2D eigenvalue weighted by Gasteiger charge is -2.26. The minimum atomic E-state index is -0.525. The van der Waals surface area contributed by atoms with E-state index in [4.69, 9.17) is 9.57 Å². The first-order valence-corrected chi connectivity index (χ1v) is 6.02. The molecule has 2 heterocycles. The van der Waals surface area contributed by atoms with Gasteiger partial charge < -0.3 is 4.74 Å². The summed E-state index contributed by atoms with van der Waals surface area (Å²) in [6.45, 7) is 6.01. The topological polar surface area (TPSA) is 51.7 Å². The van der Waals surface area contributed by atoms with E-state index < -0.39 is 11.7 Å². The van der Waals surface area contributed by atoms with Gasteiger partial charge in [0, 0.05) is 18.8 Å². The molecule has 0 aromatic carbocycles. The molecule has 1 aromatic rings. The third-order valence-electron chi connectivity index (χ3n) is 2.55. The zero-order chi connectivity index (χ0) is 13.2. The lowest BCUT2D eigenvalue weighted by molar-refractivity contribution is -0.125. The summed E-state index contributed by atoms with van der Waals surface area (Å²) >= 11 is 0. The normalized spacial score (nSPS) is 19.9. The highest BCUT2D eigenvalue weighted by Gasteiger charge is 2.34. The van der Waals surface area contributed by atoms with Crippen molar-refractivity contribution in [2.75, 3.05) is 6.61 Å². The van der Waals surface area contributed by atoms with Gasteiger partial charge in [0.1, 0.15) is 5.60 Å². The Hall–Kier alpha value is -1.62. The minimum absolute atomic E-state index is 0.117. The monoisotopic (exact) mass is 250 g/mol. The van der Waals surface area contributed by atoms with Crippen molar-refractivity contribution in [2.24, 2.45) is 0 Å². The molecule has 0 radical (unpaired) electrons. The Morgan fingerprint density at radius 2 is 2.33 bits per heavy atom. The Bertz CT molecular complexity index is 414. The predicted molar refractivity (Wildman–Crippen MR) is 65.6 cm³/mol. The second kappa shape index (κ2) is 4.94. The number of hydrogen-bond donors (Lipinski definition) is 0. The number of pyridine rings is 1. The van der Waals surface area contributed by atoms with Crippen LogP contribution in [0.5, 0.6) is 0 Å². The van der Waals surface area contributed by atoms with E-state index in [1.807, 2.05) is 32.9 Å². The Balaban J connectivity index is 2.11. The van der Waals surface area contributed by atoms with Crippen LogP contribution < -0.4 is 0 Å². The lowest BCUT2D eigenvalue weighted by Crippen LogP contribution is -2.35. The number of ether oxygens (including phenoxy) is 1. The van der Waals surface area contributed by atoms with Crippen LogP contribution >= 0.6 is 0 Å². The van der Waals surface area contributed by atoms with Crippen molar-refractivity contribution in [3.8, 4) is 0 Å². The molecule has 1 unspecified atom stereocenters. The number of hydroxylamine groups is 2. The summed E-state index contributed by atoms with van der Waals surface area (Å²) in [6.07, 6.45) is 3.76. The molecule has 1 fully saturated rings. The number of hydrogen-bond acceptors (Lipinski definition) is 4. The van der Waals surface area contributed by atoms with E-state index in [0.29, 0.717) is 6.61 Å². The number of nitrogens with zero attached hydrogens (tertiary/aromatic N) is 2. The van der Waals surface area contributed by atoms with Crippen LogP contribution in [0.15, 0.2) is 24.5 Å². The quantitative estimate of drug-likeness (QED) is 0.769. The zero-order valence-corrected chi connectivity index (χ0v) is 10.9. The Kier molecular flexibility index (Phi) is 3.52. The van der Waals surface area contributed by atoms with Gasteiger partial charge in [0.15, 0.2) is 0 Å². The smallest absolute Gasteiger partial charge is 0.435 e. The van der Waals surface area contributed by atoms with Crippen LogP contribution in [-0.4, -0.2) is 28.3 Å². The van der Waals surface area contributed by atoms with Gasteiger partial charge in [-0.2, -0.15) is 5.06 Å². The molecule has 0 spiro atoms. The van der Waals surface area contributed by atoms with E-state index in [-0.39, 0.29) is 6.04 Å². The zero-order valence-electron chi connectivity index (χ0n) is 10.9. The van der Waals surface area contributed by atoms with Crippen LogP contribution in [0.25, 0.3) is 0 Å². The second-order valence-electron chi connectivity index (χ2n) is 5.23. The fourth-order valence-electron chi connectivity index (χ4n) is 1.83. The molecular weight excluding hydrogens is 232 g/mol. The first kappa shape index (κ1) is 12.8. The Morgan fingerprint density at radius 1 is 1.56 bits per heavy atom. The van der Waals surface area contributed by atoms with Crippen LogP contribution in [0.3, 0.4) is 0 Å². The van der Waals surface area contributed by atoms with Crippen molar-refractivity contribution in [1.29, 1.82) is 0 Å². The summed E-state index contributed by atoms with van der Waals surface area (Å²) in [7, 11) is 0. The summed E-state index contributed by atoms with van der Waals surface area (Å²) < 4.78 is 5.31. The maximum absolute atomic E-state index is 12.0. The van der Waals surface area contributed by atoms with E-state index in [9.17, 15) is 4.79 Å². The molecule has 1 atom stereocenters. The number of carbonyl (C=O) groups is 1. The van der Waals surface area contributed by atoms with Gasteiger partial charge in [-0.3, -0.25) is 9.82 Å². The first-order chi connectivity index (χ1) is 8.47. The van der Waals surface area contributed by atoms with E-state index in [1.54, 1.807) is 12.4 Å². The molecule has 18 heavy (non-hydrogen) atoms. The molecule has 5 nitrogen and oxygen atoms in total. The lowest BCUT2D eigenvalue weighted by atomic mass is 10.1. The highest BCUT2D eigenvalue weighted by molar-refractivity contribution is 5.67. The molecule has 5 heteroatoms. The first-order valence-electron chi connectivity index (χ1n) is 6.02. The van der Waals surface area contributed by atoms with E-state index in [1.165, 1.54) is 5.06 Å². The summed E-state index contributed by atoms with van der Waals surface area (Å²) in [4.78, 5) is 21.4. The predicted octanol–water partition coefficient (Wildman–Crippen LogP) is 2.70. The molecule has 1 saturated heterocycles. The average Bonchev–Trinajstić information content (AvgIpc) is 2.76. The maximum atomic E-state index is 12.0. The number of amides is 1. The van der Waals surface area contributed by atoms with Crippen LogP contribution in [-0.2, 0) is 9.57 Å². The maximum Gasteiger partial charge on any atom is 0.435 e. The molecule has 2 rings (SSSR count). The van der Waals surface area contributed by atoms with Gasteiger partial charge in [-0.25, -0.2) is 4.79 Å². The van der Waals surface area contributed by atoms with Crippen molar-refractivity contribution in [3.63, 3.8) is 0 Å². The van der Waals surface area contributed by atoms with E-state index in [2.05, 4.69) is 4.98 Å². The van der Waals surface area contributed by atoms with Gasteiger partial charge in [0.05, 0.1) is 12.6 Å². The summed E-state index contributed by atoms with van der Waals surface area (Å²) in [5.74, 6) is 0. The van der Waals surface area contributed by atoms with Gasteiger partial charge in [0.25, 0.3) is 0 Å². The average molecular weight is 250 g/mol.